The predicted octanol–water partition coefficient (Wildman–Crippen LogP) is 4.55. The number of carbonyl (C=O) groups excluding carboxylic acids is 2. The fourth-order valence-electron chi connectivity index (χ4n) is 8.56. The Hall–Kier alpha value is -1.62. The standard InChI is InChI=1S/C26H36O5/c1-14(28)30-17-7-9-25(3)16(11-17)5-6-18-21(25)8-10-26(4)23(18)19-12-20(19)24(26)22(13-27)31-15(2)29/h5,17-21,23,27H,6-13H2,1-4H3/t17-,18+,19-,20+,21-,23+,25-,26-/m0/s1. The fourth-order valence-corrected chi connectivity index (χ4v) is 8.56. The average Bonchev–Trinajstić information content (AvgIpc) is 3.40. The number of fused-ring (bicyclic) bond motifs is 7. The lowest BCUT2D eigenvalue weighted by atomic mass is 9.47. The van der Waals surface area contributed by atoms with Crippen molar-refractivity contribution in [3.05, 3.63) is 23.0 Å². The summed E-state index contributed by atoms with van der Waals surface area (Å²) in [6, 6.07) is 0. The van der Waals surface area contributed by atoms with Gasteiger partial charge in [-0.25, -0.2) is 0 Å². The molecule has 4 saturated carbocycles. The van der Waals surface area contributed by atoms with Crippen molar-refractivity contribution in [2.45, 2.75) is 78.7 Å². The van der Waals surface area contributed by atoms with E-state index in [0.29, 0.717) is 35.3 Å². The van der Waals surface area contributed by atoms with Gasteiger partial charge < -0.3 is 14.6 Å². The van der Waals surface area contributed by atoms with Crippen molar-refractivity contribution < 1.29 is 24.2 Å². The zero-order chi connectivity index (χ0) is 22.1. The number of allylic oxidation sites excluding steroid dienone is 2. The molecule has 170 valence electrons. The molecule has 5 rings (SSSR count). The Balaban J connectivity index is 1.45. The normalized spacial score (nSPS) is 46.5. The molecule has 0 spiro atoms. The van der Waals surface area contributed by atoms with Gasteiger partial charge in [-0.05, 0) is 84.5 Å². The first-order valence-corrected chi connectivity index (χ1v) is 12.1. The lowest BCUT2D eigenvalue weighted by molar-refractivity contribution is -0.148. The molecule has 5 aliphatic rings. The maximum atomic E-state index is 11.7. The monoisotopic (exact) mass is 428 g/mol. The van der Waals surface area contributed by atoms with Crippen LogP contribution in [0.2, 0.25) is 0 Å². The van der Waals surface area contributed by atoms with Crippen molar-refractivity contribution in [2.24, 2.45) is 40.4 Å². The van der Waals surface area contributed by atoms with Gasteiger partial charge in [-0.15, -0.1) is 0 Å². The fraction of sp³-hybridized carbons (Fsp3) is 0.769. The number of hydrogen-bond acceptors (Lipinski definition) is 5. The molecule has 0 unspecified atom stereocenters. The van der Waals surface area contributed by atoms with Crippen LogP contribution in [0.25, 0.3) is 0 Å². The van der Waals surface area contributed by atoms with Crippen molar-refractivity contribution in [2.75, 3.05) is 6.61 Å². The van der Waals surface area contributed by atoms with Crippen molar-refractivity contribution in [3.63, 3.8) is 0 Å². The van der Waals surface area contributed by atoms with Crippen LogP contribution < -0.4 is 0 Å². The molecule has 0 aromatic heterocycles. The van der Waals surface area contributed by atoms with E-state index in [0.717, 1.165) is 32.1 Å². The van der Waals surface area contributed by atoms with Crippen LogP contribution in [0.3, 0.4) is 0 Å². The molecule has 4 fully saturated rings. The van der Waals surface area contributed by atoms with Crippen LogP contribution in [-0.2, 0) is 19.1 Å². The number of rotatable bonds is 3. The van der Waals surface area contributed by atoms with Crippen LogP contribution in [0.1, 0.15) is 72.6 Å². The summed E-state index contributed by atoms with van der Waals surface area (Å²) < 4.78 is 11.1. The summed E-state index contributed by atoms with van der Waals surface area (Å²) in [4.78, 5) is 23.1. The van der Waals surface area contributed by atoms with Crippen molar-refractivity contribution in [1.29, 1.82) is 0 Å². The minimum atomic E-state index is -0.336. The lowest BCUT2D eigenvalue weighted by Gasteiger charge is -2.58. The highest BCUT2D eigenvalue weighted by Gasteiger charge is 2.68. The third kappa shape index (κ3) is 3.13. The first-order chi connectivity index (χ1) is 14.7. The number of carbonyl (C=O) groups is 2. The molecule has 1 N–H and O–H groups in total. The van der Waals surface area contributed by atoms with E-state index in [4.69, 9.17) is 9.47 Å². The molecule has 0 aliphatic heterocycles. The largest absolute Gasteiger partial charge is 0.462 e. The van der Waals surface area contributed by atoms with E-state index in [2.05, 4.69) is 19.9 Å². The van der Waals surface area contributed by atoms with Crippen molar-refractivity contribution in [3.8, 4) is 0 Å². The maximum Gasteiger partial charge on any atom is 0.307 e. The molecule has 0 saturated heterocycles. The average molecular weight is 429 g/mol. The van der Waals surface area contributed by atoms with E-state index in [9.17, 15) is 14.7 Å². The Morgan fingerprint density at radius 2 is 1.84 bits per heavy atom. The number of hydrogen-bond donors (Lipinski definition) is 1. The van der Waals surface area contributed by atoms with Crippen LogP contribution >= 0.6 is 0 Å². The molecule has 0 aromatic rings. The van der Waals surface area contributed by atoms with E-state index < -0.39 is 0 Å². The quantitative estimate of drug-likeness (QED) is 0.406. The highest BCUT2D eigenvalue weighted by Crippen LogP contribution is 2.75. The Labute approximate surface area is 185 Å². The Bertz CT molecular complexity index is 871. The minimum Gasteiger partial charge on any atom is -0.462 e. The number of ether oxygens (including phenoxy) is 2. The SMILES string of the molecule is CC(=O)OC(CO)=C1[C@@H]2C[C@@H]2[C@H]2[C@@H]3CC=C4C[C@@H](OC(C)=O)CC[C@]4(C)[C@H]3CC[C@]12C. The topological polar surface area (TPSA) is 72.8 Å². The zero-order valence-corrected chi connectivity index (χ0v) is 19.3. The number of aliphatic hydroxyl groups is 1. The second-order valence-corrected chi connectivity index (χ2v) is 11.2. The molecule has 5 heteroatoms. The predicted molar refractivity (Wildman–Crippen MR) is 115 cm³/mol. The van der Waals surface area contributed by atoms with Gasteiger partial charge in [0.05, 0.1) is 0 Å². The molecule has 8 atom stereocenters. The van der Waals surface area contributed by atoms with Crippen LogP contribution in [0.5, 0.6) is 0 Å². The van der Waals surface area contributed by atoms with Gasteiger partial charge in [0.2, 0.25) is 0 Å². The summed E-state index contributed by atoms with van der Waals surface area (Å²) in [5.74, 6) is 3.07. The van der Waals surface area contributed by atoms with E-state index in [-0.39, 0.29) is 35.5 Å². The minimum absolute atomic E-state index is 0.0267. The lowest BCUT2D eigenvalue weighted by Crippen LogP contribution is -2.51. The van der Waals surface area contributed by atoms with E-state index in [1.54, 1.807) is 0 Å². The Morgan fingerprint density at radius 1 is 1.10 bits per heavy atom. The van der Waals surface area contributed by atoms with Gasteiger partial charge in [0.1, 0.15) is 18.5 Å². The second-order valence-electron chi connectivity index (χ2n) is 11.2. The van der Waals surface area contributed by atoms with Gasteiger partial charge in [-0.3, -0.25) is 9.59 Å². The molecule has 5 nitrogen and oxygen atoms in total. The molecular weight excluding hydrogens is 392 g/mol. The van der Waals surface area contributed by atoms with E-state index in [1.165, 1.54) is 37.8 Å². The summed E-state index contributed by atoms with van der Waals surface area (Å²) in [5, 5.41) is 10.0. The summed E-state index contributed by atoms with van der Waals surface area (Å²) in [5.41, 5.74) is 2.98. The summed E-state index contributed by atoms with van der Waals surface area (Å²) in [7, 11) is 0. The molecule has 31 heavy (non-hydrogen) atoms. The van der Waals surface area contributed by atoms with Gasteiger partial charge in [0, 0.05) is 20.3 Å². The summed E-state index contributed by atoms with van der Waals surface area (Å²) >= 11 is 0. The van der Waals surface area contributed by atoms with Crippen LogP contribution in [0.4, 0.5) is 0 Å². The molecular formula is C26H36O5. The van der Waals surface area contributed by atoms with Crippen molar-refractivity contribution in [1.82, 2.24) is 0 Å². The molecule has 5 aliphatic carbocycles. The summed E-state index contributed by atoms with van der Waals surface area (Å²) in [6.45, 7) is 7.57. The van der Waals surface area contributed by atoms with E-state index in [1.807, 2.05) is 0 Å². The Morgan fingerprint density at radius 3 is 2.52 bits per heavy atom. The van der Waals surface area contributed by atoms with Gasteiger partial charge in [-0.1, -0.05) is 25.5 Å². The second kappa shape index (κ2) is 7.19. The van der Waals surface area contributed by atoms with Gasteiger partial charge in [0.25, 0.3) is 0 Å². The number of esters is 2. The van der Waals surface area contributed by atoms with E-state index >= 15 is 0 Å². The maximum absolute atomic E-state index is 11.7. The highest BCUT2D eigenvalue weighted by atomic mass is 16.5. The van der Waals surface area contributed by atoms with Crippen LogP contribution in [0, 0.1) is 40.4 Å². The first-order valence-electron chi connectivity index (χ1n) is 12.1. The molecule has 0 amide bonds. The molecule has 0 bridgehead atoms. The molecule has 0 radical (unpaired) electrons. The third-order valence-corrected chi connectivity index (χ3v) is 9.64. The third-order valence-electron chi connectivity index (χ3n) is 9.64. The zero-order valence-electron chi connectivity index (χ0n) is 19.3. The van der Waals surface area contributed by atoms with Gasteiger partial charge in [-0.2, -0.15) is 0 Å². The van der Waals surface area contributed by atoms with Gasteiger partial charge in [0.15, 0.2) is 0 Å². The van der Waals surface area contributed by atoms with Crippen LogP contribution in [0.15, 0.2) is 23.0 Å². The molecule has 0 aromatic carbocycles. The van der Waals surface area contributed by atoms with Crippen molar-refractivity contribution >= 4 is 11.9 Å². The van der Waals surface area contributed by atoms with Gasteiger partial charge >= 0.3 is 11.9 Å². The first kappa shape index (κ1) is 21.2. The van der Waals surface area contributed by atoms with Crippen LogP contribution in [-0.4, -0.2) is 29.8 Å². The molecule has 0 heterocycles. The number of aliphatic hydroxyl groups excluding tert-OH is 1. The summed E-state index contributed by atoms with van der Waals surface area (Å²) in [6.07, 6.45) is 9.98. The Kier molecular flexibility index (Phi) is 4.93. The highest BCUT2D eigenvalue weighted by molar-refractivity contribution is 5.67. The smallest absolute Gasteiger partial charge is 0.307 e.